The number of Topliss-reactive ketones (excluding diaryl/α,β-unsaturated/α-hetero) is 1. The molecule has 21 nitrogen and oxygen atoms in total. The fraction of sp³-hybridized carbons (Fsp3) is 0.267. The number of pyridine rings is 3. The van der Waals surface area contributed by atoms with Crippen molar-refractivity contribution in [2.45, 2.75) is 128 Å². The van der Waals surface area contributed by atoms with Crippen LogP contribution in [0.2, 0.25) is 0 Å². The second-order valence-electron chi connectivity index (χ2n) is 26.2. The number of ketones is 1. The minimum Gasteiger partial charge on any atom is -1.00 e. The molecule has 0 amide bonds. The van der Waals surface area contributed by atoms with Gasteiger partial charge >= 0.3 is 29.6 Å². The molecule has 6 aliphatic rings. The van der Waals surface area contributed by atoms with Crippen molar-refractivity contribution < 1.29 is 59.2 Å². The second-order valence-corrected chi connectivity index (χ2v) is 26.2. The smallest absolute Gasteiger partial charge is 1.00 e. The van der Waals surface area contributed by atoms with Crippen LogP contribution in [0.25, 0.3) is 67.8 Å². The zero-order valence-corrected chi connectivity index (χ0v) is 58.0. The van der Waals surface area contributed by atoms with Gasteiger partial charge in [0.1, 0.15) is 23.1 Å². The largest absolute Gasteiger partial charge is 1.00 e. The number of aliphatic hydroxyl groups excluding tert-OH is 2. The first-order valence-electron chi connectivity index (χ1n) is 33.3. The first kappa shape index (κ1) is 68.0. The maximum absolute atomic E-state index is 13.8. The number of anilines is 3. The third-order valence-electron chi connectivity index (χ3n) is 19.5. The zero-order chi connectivity index (χ0) is 67.6. The van der Waals surface area contributed by atoms with Crippen molar-refractivity contribution >= 4 is 65.3 Å². The first-order chi connectivity index (χ1) is 48.2. The second kappa shape index (κ2) is 28.5. The van der Waals surface area contributed by atoms with Crippen molar-refractivity contribution in [3.8, 4) is 34.2 Å². The summed E-state index contributed by atoms with van der Waals surface area (Å²) in [4.78, 5) is 51.4. The van der Waals surface area contributed by atoms with Gasteiger partial charge in [0.25, 0.3) is 0 Å². The standard InChI is InChI=1S/2C25H23FN6O.C25H21FN6O.B.Na.H/c3*1-14(33)22-13-28-25-24(30-23(31-32(22)25)17-9-18(26)12-27-11-17)29-19-7-6-16-8-15-4-2-3-5-20(15)21(16)10-19;;;/h2*2-5,9,11-14,19,33H,6-8,10H2,1H3,(H,29,30,31);2-5,9,11-13,19H,6-8,10H2,1H3,(H,29,30,31);;;/q;;;;+1;-1/t14-,19+;14-,19-;19-;;;/m011.../s1. The number of carbonyl (C=O) groups is 1. The molecule has 18 rings (SSSR count). The molecule has 5 atom stereocenters. The predicted octanol–water partition coefficient (Wildman–Crippen LogP) is 9.94. The number of allylic oxidation sites excluding steroid dienone is 3. The molecular weight excluding hydrogens is 1290 g/mol. The summed E-state index contributed by atoms with van der Waals surface area (Å²) in [5, 5.41) is 44.7. The molecule has 0 aliphatic heterocycles. The Bertz CT molecular complexity index is 5120. The Morgan fingerprint density at radius 1 is 0.485 bits per heavy atom. The van der Waals surface area contributed by atoms with E-state index in [1.807, 2.05) is 0 Å². The number of nitrogens with zero attached hydrogens (tertiary/aromatic N) is 15. The number of hydrogen-bond donors (Lipinski definition) is 5. The van der Waals surface area contributed by atoms with Gasteiger partial charge in [-0.25, -0.2) is 56.6 Å². The molecule has 3 aromatic carbocycles. The molecule has 9 aromatic heterocycles. The van der Waals surface area contributed by atoms with Gasteiger partial charge in [-0.15, -0.1) is 15.3 Å². The molecule has 101 heavy (non-hydrogen) atoms. The Kier molecular flexibility index (Phi) is 19.2. The van der Waals surface area contributed by atoms with Crippen LogP contribution < -0.4 is 45.5 Å². The van der Waals surface area contributed by atoms with Crippen LogP contribution in [0.1, 0.15) is 147 Å². The average molecular weight is 1360 g/mol. The van der Waals surface area contributed by atoms with Crippen molar-refractivity contribution in [1.82, 2.24) is 73.7 Å². The van der Waals surface area contributed by atoms with Crippen LogP contribution in [-0.4, -0.2) is 116 Å². The number of benzene rings is 3. The van der Waals surface area contributed by atoms with Gasteiger partial charge in [0.15, 0.2) is 57.7 Å². The topological polar surface area (TPSA) is 262 Å². The van der Waals surface area contributed by atoms with E-state index in [9.17, 15) is 28.2 Å². The minimum atomic E-state index is -0.765. The molecule has 0 fully saturated rings. The third kappa shape index (κ3) is 13.5. The van der Waals surface area contributed by atoms with E-state index < -0.39 is 29.7 Å². The van der Waals surface area contributed by atoms with Crippen molar-refractivity contribution in [3.05, 3.63) is 231 Å². The summed E-state index contributed by atoms with van der Waals surface area (Å²) in [6.07, 6.45) is 23.0. The van der Waals surface area contributed by atoms with Gasteiger partial charge in [-0.05, 0) is 159 Å². The van der Waals surface area contributed by atoms with Crippen molar-refractivity contribution in [2.75, 3.05) is 16.0 Å². The molecule has 5 N–H and O–H groups in total. The fourth-order valence-corrected chi connectivity index (χ4v) is 14.8. The summed E-state index contributed by atoms with van der Waals surface area (Å²) in [5.41, 5.74) is 21.5. The number of imidazole rings is 3. The van der Waals surface area contributed by atoms with E-state index in [0.717, 1.165) is 95.6 Å². The average Bonchev–Trinajstić information content (AvgIpc) is 1.33. The van der Waals surface area contributed by atoms with Crippen LogP contribution in [0, 0.1) is 17.5 Å². The number of fused-ring (bicyclic) bond motifs is 9. The Balaban J connectivity index is 0.000000135. The molecule has 26 heteroatoms. The summed E-state index contributed by atoms with van der Waals surface area (Å²) < 4.78 is 46.1. The fourth-order valence-electron chi connectivity index (χ4n) is 14.8. The first-order valence-corrected chi connectivity index (χ1v) is 33.3. The van der Waals surface area contributed by atoms with Gasteiger partial charge in [0, 0.05) is 68.7 Å². The van der Waals surface area contributed by atoms with E-state index in [1.165, 1.54) is 121 Å². The van der Waals surface area contributed by atoms with E-state index >= 15 is 0 Å². The van der Waals surface area contributed by atoms with Crippen LogP contribution >= 0.6 is 0 Å². The van der Waals surface area contributed by atoms with Gasteiger partial charge in [0.05, 0.1) is 60.8 Å². The van der Waals surface area contributed by atoms with Gasteiger partial charge in [0.2, 0.25) is 0 Å². The SMILES string of the molecule is CC(=O)c1cnc2c(N[C@@H]3CCC4=C(C3)c3ccccc3C4)nc(-c3cncc(F)c3)nn12.C[C@@H](O)c1cnc2c(N[C@@H]3CCC4=C(C3)c3ccccc3C4)nc(-c3cncc(F)c3)nn12.C[C@H](O)c1cnc2c(N[C@@H]3CCC4=C(C3)c3ccccc3C4)nc(-c3cncc(F)c3)nn12.[B].[H-].[Na+]. The van der Waals surface area contributed by atoms with Crippen molar-refractivity contribution in [1.29, 1.82) is 0 Å². The third-order valence-corrected chi connectivity index (χ3v) is 19.5. The van der Waals surface area contributed by atoms with Gasteiger partial charge < -0.3 is 27.6 Å². The molecule has 0 unspecified atom stereocenters. The van der Waals surface area contributed by atoms with Crippen LogP contribution in [0.3, 0.4) is 0 Å². The molecule has 0 bridgehead atoms. The monoisotopic (exact) mass is 1360 g/mol. The van der Waals surface area contributed by atoms with Crippen LogP contribution in [0.4, 0.5) is 30.6 Å². The summed E-state index contributed by atoms with van der Waals surface area (Å²) in [6, 6.07) is 30.4. The summed E-state index contributed by atoms with van der Waals surface area (Å²) in [5.74, 6) is 1.01. The van der Waals surface area contributed by atoms with E-state index in [0.29, 0.717) is 79.8 Å². The molecule has 0 spiro atoms. The van der Waals surface area contributed by atoms with Crippen molar-refractivity contribution in [2.24, 2.45) is 0 Å². The molecule has 6 aliphatic carbocycles. The normalized spacial score (nSPS) is 17.6. The van der Waals surface area contributed by atoms with Gasteiger partial charge in [-0.2, -0.15) is 0 Å². The molecule has 0 saturated carbocycles. The van der Waals surface area contributed by atoms with Gasteiger partial charge in [-0.3, -0.25) is 19.7 Å². The maximum Gasteiger partial charge on any atom is 1.00 e. The maximum atomic E-state index is 13.8. The number of halogens is 3. The minimum absolute atomic E-state index is 0. The quantitative estimate of drug-likeness (QED) is 0.0563. The summed E-state index contributed by atoms with van der Waals surface area (Å²) >= 11 is 0. The van der Waals surface area contributed by atoms with E-state index in [1.54, 1.807) is 35.3 Å². The van der Waals surface area contributed by atoms with Crippen LogP contribution in [0.5, 0.6) is 0 Å². The number of aliphatic hydroxyl groups is 2. The van der Waals surface area contributed by atoms with E-state index in [2.05, 4.69) is 139 Å². The predicted molar refractivity (Wildman–Crippen MR) is 375 cm³/mol. The van der Waals surface area contributed by atoms with E-state index in [-0.39, 0.29) is 69.1 Å². The van der Waals surface area contributed by atoms with Crippen molar-refractivity contribution in [3.63, 3.8) is 0 Å². The number of aromatic nitrogens is 15. The molecule has 501 valence electrons. The molecule has 3 radical (unpaired) electrons. The Morgan fingerprint density at radius 3 is 1.15 bits per heavy atom. The Labute approximate surface area is 604 Å². The molecular formula is C75H68BF3N18NaO3. The molecule has 0 saturated heterocycles. The zero-order valence-electron chi connectivity index (χ0n) is 57.0. The molecule has 9 heterocycles. The number of rotatable bonds is 12. The summed E-state index contributed by atoms with van der Waals surface area (Å²) in [6.45, 7) is 4.79. The number of nitrogens with one attached hydrogen (secondary N) is 3. The van der Waals surface area contributed by atoms with E-state index in [4.69, 9.17) is 9.97 Å². The number of carbonyl (C=O) groups excluding carboxylic acids is 1. The Hall–Kier alpha value is -10.2. The van der Waals surface area contributed by atoms with Crippen LogP contribution in [0.15, 0.2) is 163 Å². The summed E-state index contributed by atoms with van der Waals surface area (Å²) in [7, 11) is 0. The van der Waals surface area contributed by atoms with Crippen LogP contribution in [-0.2, 0) is 19.3 Å². The van der Waals surface area contributed by atoms with Gasteiger partial charge in [-0.1, -0.05) is 89.5 Å². The molecule has 12 aromatic rings. The number of hydrogen-bond acceptors (Lipinski definition) is 18. The Morgan fingerprint density at radius 2 is 0.812 bits per heavy atom.